The molecule has 1 N–H and O–H groups in total. The quantitative estimate of drug-likeness (QED) is 0.812. The topological polar surface area (TPSA) is 29.1 Å². The number of benzene rings is 2. The lowest BCUT2D eigenvalue weighted by atomic mass is 10.1. The van der Waals surface area contributed by atoms with Gasteiger partial charge in [-0.3, -0.25) is 4.79 Å². The molecule has 18 heavy (non-hydrogen) atoms. The van der Waals surface area contributed by atoms with E-state index >= 15 is 0 Å². The number of hydrogen-bond donors (Lipinski definition) is 1. The van der Waals surface area contributed by atoms with Gasteiger partial charge in [0.2, 0.25) is 0 Å². The predicted octanol–water partition coefficient (Wildman–Crippen LogP) is 4.77. The van der Waals surface area contributed by atoms with Crippen molar-refractivity contribution in [2.45, 2.75) is 6.92 Å². The van der Waals surface area contributed by atoms with Gasteiger partial charge in [0.1, 0.15) is 0 Å². The first-order valence-corrected chi connectivity index (χ1v) is 6.98. The van der Waals surface area contributed by atoms with Gasteiger partial charge in [-0.25, -0.2) is 0 Å². The summed E-state index contributed by atoms with van der Waals surface area (Å²) in [6, 6.07) is 13.1. The van der Waals surface area contributed by atoms with Crippen molar-refractivity contribution in [1.82, 2.24) is 0 Å². The maximum Gasteiger partial charge on any atom is 0.255 e. The Morgan fingerprint density at radius 1 is 1.06 bits per heavy atom. The van der Waals surface area contributed by atoms with E-state index in [2.05, 4.69) is 37.2 Å². The molecule has 0 saturated heterocycles. The summed E-state index contributed by atoms with van der Waals surface area (Å²) in [6.45, 7) is 1.92. The molecule has 2 aromatic rings. The van der Waals surface area contributed by atoms with Crippen LogP contribution in [0.5, 0.6) is 0 Å². The van der Waals surface area contributed by atoms with E-state index in [1.54, 1.807) is 0 Å². The van der Waals surface area contributed by atoms with E-state index in [9.17, 15) is 4.79 Å². The predicted molar refractivity (Wildman–Crippen MR) is 81.0 cm³/mol. The number of anilines is 1. The van der Waals surface area contributed by atoms with Crippen LogP contribution >= 0.6 is 31.9 Å². The van der Waals surface area contributed by atoms with Gasteiger partial charge in [-0.2, -0.15) is 0 Å². The molecule has 0 spiro atoms. The number of amides is 1. The van der Waals surface area contributed by atoms with Crippen molar-refractivity contribution < 1.29 is 4.79 Å². The van der Waals surface area contributed by atoms with Gasteiger partial charge < -0.3 is 5.32 Å². The fourth-order valence-corrected chi connectivity index (χ4v) is 2.52. The maximum atomic E-state index is 12.1. The third-order valence-electron chi connectivity index (χ3n) is 2.52. The first-order chi connectivity index (χ1) is 8.56. The molecule has 2 rings (SSSR count). The standard InChI is InChI=1S/C14H11Br2NO/c1-9-7-11(16)5-6-13(9)14(18)17-12-4-2-3-10(15)8-12/h2-8H,1H3,(H,17,18). The van der Waals surface area contributed by atoms with Gasteiger partial charge in [0.05, 0.1) is 0 Å². The smallest absolute Gasteiger partial charge is 0.255 e. The fraction of sp³-hybridized carbons (Fsp3) is 0.0714. The Morgan fingerprint density at radius 2 is 1.78 bits per heavy atom. The van der Waals surface area contributed by atoms with Crippen LogP contribution in [0, 0.1) is 6.92 Å². The monoisotopic (exact) mass is 367 g/mol. The molecular formula is C14H11Br2NO. The van der Waals surface area contributed by atoms with Crippen LogP contribution < -0.4 is 5.32 Å². The number of aryl methyl sites for hydroxylation is 1. The average Bonchev–Trinajstić information content (AvgIpc) is 2.28. The zero-order valence-corrected chi connectivity index (χ0v) is 12.9. The molecule has 0 aromatic heterocycles. The summed E-state index contributed by atoms with van der Waals surface area (Å²) in [6.07, 6.45) is 0. The van der Waals surface area contributed by atoms with Crippen molar-refractivity contribution in [1.29, 1.82) is 0 Å². The van der Waals surface area contributed by atoms with Crippen LogP contribution in [0.1, 0.15) is 15.9 Å². The summed E-state index contributed by atoms with van der Waals surface area (Å²) >= 11 is 6.76. The largest absolute Gasteiger partial charge is 0.322 e. The lowest BCUT2D eigenvalue weighted by Gasteiger charge is -2.08. The molecule has 1 amide bonds. The van der Waals surface area contributed by atoms with Crippen LogP contribution in [-0.2, 0) is 0 Å². The van der Waals surface area contributed by atoms with Gasteiger partial charge >= 0.3 is 0 Å². The summed E-state index contributed by atoms with van der Waals surface area (Å²) < 4.78 is 1.91. The molecule has 92 valence electrons. The van der Waals surface area contributed by atoms with Crippen molar-refractivity contribution in [3.8, 4) is 0 Å². The van der Waals surface area contributed by atoms with Crippen LogP contribution in [0.25, 0.3) is 0 Å². The molecule has 0 aliphatic rings. The summed E-state index contributed by atoms with van der Waals surface area (Å²) in [5.41, 5.74) is 2.40. The Morgan fingerprint density at radius 3 is 2.44 bits per heavy atom. The normalized spacial score (nSPS) is 10.2. The Labute approximate surface area is 123 Å². The summed E-state index contributed by atoms with van der Waals surface area (Å²) in [5, 5.41) is 2.88. The number of nitrogens with one attached hydrogen (secondary N) is 1. The average molecular weight is 369 g/mol. The first kappa shape index (κ1) is 13.3. The molecule has 2 nitrogen and oxygen atoms in total. The van der Waals surface area contributed by atoms with Crippen molar-refractivity contribution in [3.05, 3.63) is 62.5 Å². The van der Waals surface area contributed by atoms with Crippen LogP contribution in [0.4, 0.5) is 5.69 Å². The molecule has 0 saturated carbocycles. The highest BCUT2D eigenvalue weighted by atomic mass is 79.9. The van der Waals surface area contributed by atoms with Crippen LogP contribution in [-0.4, -0.2) is 5.91 Å². The van der Waals surface area contributed by atoms with Gasteiger partial charge in [-0.15, -0.1) is 0 Å². The lowest BCUT2D eigenvalue weighted by Crippen LogP contribution is -2.13. The number of carbonyl (C=O) groups is 1. The second-order valence-electron chi connectivity index (χ2n) is 3.92. The third-order valence-corrected chi connectivity index (χ3v) is 3.50. The Bertz CT molecular complexity index is 596. The molecule has 0 fully saturated rings. The van der Waals surface area contributed by atoms with E-state index in [1.807, 2.05) is 49.4 Å². The summed E-state index contributed by atoms with van der Waals surface area (Å²) in [7, 11) is 0. The van der Waals surface area contributed by atoms with E-state index in [-0.39, 0.29) is 5.91 Å². The van der Waals surface area contributed by atoms with Crippen molar-refractivity contribution >= 4 is 43.5 Å². The van der Waals surface area contributed by atoms with Gasteiger partial charge in [-0.05, 0) is 48.9 Å². The summed E-state index contributed by atoms with van der Waals surface area (Å²) in [4.78, 5) is 12.1. The van der Waals surface area contributed by atoms with E-state index < -0.39 is 0 Å². The molecule has 0 aliphatic carbocycles. The van der Waals surface area contributed by atoms with Gasteiger partial charge in [0.15, 0.2) is 0 Å². The molecule has 0 radical (unpaired) electrons. The zero-order valence-electron chi connectivity index (χ0n) is 9.71. The molecule has 4 heteroatoms. The third kappa shape index (κ3) is 3.21. The Hall–Kier alpha value is -1.13. The molecule has 0 aliphatic heterocycles. The number of hydrogen-bond acceptors (Lipinski definition) is 1. The fourth-order valence-electron chi connectivity index (χ4n) is 1.65. The molecular weight excluding hydrogens is 358 g/mol. The summed E-state index contributed by atoms with van der Waals surface area (Å²) in [5.74, 6) is -0.0990. The number of rotatable bonds is 2. The molecule has 0 unspecified atom stereocenters. The lowest BCUT2D eigenvalue weighted by molar-refractivity contribution is 0.102. The second kappa shape index (κ2) is 5.67. The van der Waals surface area contributed by atoms with Gasteiger partial charge in [0.25, 0.3) is 5.91 Å². The van der Waals surface area contributed by atoms with Crippen molar-refractivity contribution in [3.63, 3.8) is 0 Å². The highest BCUT2D eigenvalue weighted by Crippen LogP contribution is 2.19. The van der Waals surface area contributed by atoms with Gasteiger partial charge in [0, 0.05) is 20.2 Å². The Kier molecular flexibility index (Phi) is 4.19. The maximum absolute atomic E-state index is 12.1. The number of halogens is 2. The highest BCUT2D eigenvalue weighted by molar-refractivity contribution is 9.10. The first-order valence-electron chi connectivity index (χ1n) is 5.39. The highest BCUT2D eigenvalue weighted by Gasteiger charge is 2.09. The zero-order chi connectivity index (χ0) is 13.1. The minimum atomic E-state index is -0.0990. The van der Waals surface area contributed by atoms with Crippen molar-refractivity contribution in [2.24, 2.45) is 0 Å². The van der Waals surface area contributed by atoms with Gasteiger partial charge in [-0.1, -0.05) is 37.9 Å². The SMILES string of the molecule is Cc1cc(Br)ccc1C(=O)Nc1cccc(Br)c1. The number of carbonyl (C=O) groups excluding carboxylic acids is 1. The molecule has 0 bridgehead atoms. The Balaban J connectivity index is 2.22. The van der Waals surface area contributed by atoms with E-state index in [0.29, 0.717) is 5.56 Å². The van der Waals surface area contributed by atoms with E-state index in [1.165, 1.54) is 0 Å². The minimum Gasteiger partial charge on any atom is -0.322 e. The molecule has 0 heterocycles. The van der Waals surface area contributed by atoms with Crippen LogP contribution in [0.2, 0.25) is 0 Å². The minimum absolute atomic E-state index is 0.0990. The second-order valence-corrected chi connectivity index (χ2v) is 5.76. The van der Waals surface area contributed by atoms with Crippen molar-refractivity contribution in [2.75, 3.05) is 5.32 Å². The van der Waals surface area contributed by atoms with E-state index in [0.717, 1.165) is 20.2 Å². The van der Waals surface area contributed by atoms with E-state index in [4.69, 9.17) is 0 Å². The van der Waals surface area contributed by atoms with Crippen LogP contribution in [0.15, 0.2) is 51.4 Å². The molecule has 0 atom stereocenters. The molecule has 2 aromatic carbocycles. The van der Waals surface area contributed by atoms with Crippen LogP contribution in [0.3, 0.4) is 0 Å².